The molecule has 0 fully saturated rings. The second-order valence-electron chi connectivity index (χ2n) is 3.86. The van der Waals surface area contributed by atoms with Gasteiger partial charge in [0.2, 0.25) is 0 Å². The van der Waals surface area contributed by atoms with Crippen LogP contribution in [0, 0.1) is 0 Å². The number of hydrogen-bond donors (Lipinski definition) is 1. The standard InChI is InChI=1S/C12H13ClN2O2S/c1-2-9-10(13)14-12(17)15(11(9)16)6-5-8-4-3-7-18-8/h3-4,7H,2,5-6H2,1H3,(H,14,17). The van der Waals surface area contributed by atoms with E-state index in [2.05, 4.69) is 4.98 Å². The van der Waals surface area contributed by atoms with Crippen LogP contribution in [-0.2, 0) is 19.4 Å². The predicted octanol–water partition coefficient (Wildman–Crippen LogP) is 2.06. The number of aromatic nitrogens is 2. The number of halogens is 1. The largest absolute Gasteiger partial charge is 0.329 e. The molecule has 2 heterocycles. The van der Waals surface area contributed by atoms with E-state index in [9.17, 15) is 9.59 Å². The predicted molar refractivity (Wildman–Crippen MR) is 73.7 cm³/mol. The van der Waals surface area contributed by atoms with Gasteiger partial charge in [-0.2, -0.15) is 0 Å². The zero-order valence-corrected chi connectivity index (χ0v) is 11.5. The summed E-state index contributed by atoms with van der Waals surface area (Å²) in [7, 11) is 0. The summed E-state index contributed by atoms with van der Waals surface area (Å²) < 4.78 is 1.21. The topological polar surface area (TPSA) is 54.9 Å². The number of hydrogen-bond acceptors (Lipinski definition) is 3. The van der Waals surface area contributed by atoms with Gasteiger partial charge in [-0.1, -0.05) is 24.6 Å². The number of nitrogens with zero attached hydrogens (tertiary/aromatic N) is 1. The van der Waals surface area contributed by atoms with Gasteiger partial charge in [0.1, 0.15) is 5.15 Å². The van der Waals surface area contributed by atoms with E-state index in [1.165, 1.54) is 4.57 Å². The van der Waals surface area contributed by atoms with E-state index in [1.54, 1.807) is 11.3 Å². The minimum atomic E-state index is -0.446. The minimum Gasteiger partial charge on any atom is -0.297 e. The van der Waals surface area contributed by atoms with E-state index in [-0.39, 0.29) is 10.7 Å². The lowest BCUT2D eigenvalue weighted by atomic mass is 10.2. The zero-order chi connectivity index (χ0) is 13.1. The maximum atomic E-state index is 12.1. The number of aromatic amines is 1. The molecule has 0 aliphatic carbocycles. The van der Waals surface area contributed by atoms with Crippen molar-refractivity contribution in [3.63, 3.8) is 0 Å². The van der Waals surface area contributed by atoms with Crippen LogP contribution in [0.15, 0.2) is 27.1 Å². The van der Waals surface area contributed by atoms with Crippen molar-refractivity contribution in [3.05, 3.63) is 53.9 Å². The van der Waals surface area contributed by atoms with E-state index in [0.29, 0.717) is 24.9 Å². The van der Waals surface area contributed by atoms with Gasteiger partial charge in [-0.25, -0.2) is 4.79 Å². The summed E-state index contributed by atoms with van der Waals surface area (Å²) in [5.41, 5.74) is -0.274. The van der Waals surface area contributed by atoms with Gasteiger partial charge < -0.3 is 0 Å². The van der Waals surface area contributed by atoms with Gasteiger partial charge >= 0.3 is 5.69 Å². The molecule has 4 nitrogen and oxygen atoms in total. The molecule has 0 unspecified atom stereocenters. The highest BCUT2D eigenvalue weighted by Gasteiger charge is 2.10. The van der Waals surface area contributed by atoms with Crippen LogP contribution in [-0.4, -0.2) is 9.55 Å². The molecule has 6 heteroatoms. The molecule has 2 rings (SSSR count). The van der Waals surface area contributed by atoms with Gasteiger partial charge in [0.25, 0.3) is 5.56 Å². The van der Waals surface area contributed by atoms with Crippen LogP contribution in [0.4, 0.5) is 0 Å². The highest BCUT2D eigenvalue weighted by Crippen LogP contribution is 2.10. The summed E-state index contributed by atoms with van der Waals surface area (Å²) in [5.74, 6) is 0. The highest BCUT2D eigenvalue weighted by atomic mass is 35.5. The van der Waals surface area contributed by atoms with Crippen molar-refractivity contribution in [1.82, 2.24) is 9.55 Å². The van der Waals surface area contributed by atoms with Gasteiger partial charge in [0, 0.05) is 11.4 Å². The Morgan fingerprint density at radius 3 is 2.83 bits per heavy atom. The molecule has 0 aromatic carbocycles. The minimum absolute atomic E-state index is 0.153. The highest BCUT2D eigenvalue weighted by molar-refractivity contribution is 7.09. The summed E-state index contributed by atoms with van der Waals surface area (Å²) in [6.45, 7) is 2.21. The lowest BCUT2D eigenvalue weighted by Crippen LogP contribution is -2.37. The smallest absolute Gasteiger partial charge is 0.297 e. The average molecular weight is 285 g/mol. The first kappa shape index (κ1) is 13.1. The molecule has 0 bridgehead atoms. The third-order valence-corrected chi connectivity index (χ3v) is 4.00. The molecular weight excluding hydrogens is 272 g/mol. The van der Waals surface area contributed by atoms with Crippen molar-refractivity contribution >= 4 is 22.9 Å². The lowest BCUT2D eigenvalue weighted by Gasteiger charge is -2.07. The number of thiophene rings is 1. The molecule has 96 valence electrons. The summed E-state index contributed by atoms with van der Waals surface area (Å²) >= 11 is 7.45. The van der Waals surface area contributed by atoms with Gasteiger partial charge in [-0.15, -0.1) is 11.3 Å². The number of aryl methyl sites for hydroxylation is 1. The molecule has 2 aromatic rings. The Morgan fingerprint density at radius 2 is 2.22 bits per heavy atom. The van der Waals surface area contributed by atoms with Crippen LogP contribution in [0.1, 0.15) is 17.4 Å². The monoisotopic (exact) mass is 284 g/mol. The van der Waals surface area contributed by atoms with E-state index < -0.39 is 5.69 Å². The number of H-pyrrole nitrogens is 1. The van der Waals surface area contributed by atoms with Gasteiger partial charge in [0.15, 0.2) is 0 Å². The Labute approximate surface area is 113 Å². The van der Waals surface area contributed by atoms with Crippen molar-refractivity contribution in [2.45, 2.75) is 26.3 Å². The van der Waals surface area contributed by atoms with Crippen molar-refractivity contribution < 1.29 is 0 Å². The van der Waals surface area contributed by atoms with Crippen molar-refractivity contribution in [2.24, 2.45) is 0 Å². The fraction of sp³-hybridized carbons (Fsp3) is 0.333. The molecule has 0 radical (unpaired) electrons. The fourth-order valence-electron chi connectivity index (χ4n) is 1.77. The van der Waals surface area contributed by atoms with Crippen molar-refractivity contribution in [1.29, 1.82) is 0 Å². The molecule has 1 N–H and O–H groups in total. The first-order chi connectivity index (χ1) is 8.63. The Balaban J connectivity index is 2.33. The Hall–Kier alpha value is -1.33. The van der Waals surface area contributed by atoms with E-state index in [4.69, 9.17) is 11.6 Å². The fourth-order valence-corrected chi connectivity index (χ4v) is 2.77. The third kappa shape index (κ3) is 2.57. The summed E-state index contributed by atoms with van der Waals surface area (Å²) in [6, 6.07) is 3.94. The molecule has 0 aliphatic heterocycles. The molecule has 2 aromatic heterocycles. The summed E-state index contributed by atoms with van der Waals surface area (Å²) in [4.78, 5) is 27.4. The van der Waals surface area contributed by atoms with Crippen LogP contribution in [0.25, 0.3) is 0 Å². The lowest BCUT2D eigenvalue weighted by molar-refractivity contribution is 0.623. The molecule has 0 saturated carbocycles. The van der Waals surface area contributed by atoms with E-state index >= 15 is 0 Å². The summed E-state index contributed by atoms with van der Waals surface area (Å²) in [5, 5.41) is 2.13. The number of nitrogens with one attached hydrogen (secondary N) is 1. The van der Waals surface area contributed by atoms with Crippen LogP contribution in [0.2, 0.25) is 5.15 Å². The second kappa shape index (κ2) is 5.54. The van der Waals surface area contributed by atoms with E-state index in [1.807, 2.05) is 24.4 Å². The van der Waals surface area contributed by atoms with Crippen LogP contribution in [0.5, 0.6) is 0 Å². The third-order valence-electron chi connectivity index (χ3n) is 2.75. The SMILES string of the molecule is CCc1c(Cl)[nH]c(=O)n(CCc2cccs2)c1=O. The zero-order valence-electron chi connectivity index (χ0n) is 9.90. The van der Waals surface area contributed by atoms with Gasteiger partial charge in [-0.3, -0.25) is 14.3 Å². The van der Waals surface area contributed by atoms with Crippen LogP contribution < -0.4 is 11.2 Å². The molecule has 0 spiro atoms. The molecule has 0 aliphatic rings. The van der Waals surface area contributed by atoms with Crippen molar-refractivity contribution in [2.75, 3.05) is 0 Å². The van der Waals surface area contributed by atoms with Gasteiger partial charge in [-0.05, 0) is 24.3 Å². The normalized spacial score (nSPS) is 10.8. The van der Waals surface area contributed by atoms with Crippen LogP contribution >= 0.6 is 22.9 Å². The summed E-state index contributed by atoms with van der Waals surface area (Å²) in [6.07, 6.45) is 1.18. The first-order valence-electron chi connectivity index (χ1n) is 5.67. The Morgan fingerprint density at radius 1 is 1.44 bits per heavy atom. The maximum Gasteiger partial charge on any atom is 0.329 e. The second-order valence-corrected chi connectivity index (χ2v) is 5.27. The van der Waals surface area contributed by atoms with Crippen LogP contribution in [0.3, 0.4) is 0 Å². The Kier molecular flexibility index (Phi) is 4.04. The van der Waals surface area contributed by atoms with E-state index in [0.717, 1.165) is 4.88 Å². The molecular formula is C12H13ClN2O2S. The first-order valence-corrected chi connectivity index (χ1v) is 6.93. The molecule has 0 amide bonds. The number of rotatable bonds is 4. The average Bonchev–Trinajstić information content (AvgIpc) is 2.81. The molecule has 0 atom stereocenters. The Bertz CT molecular complexity index is 643. The van der Waals surface area contributed by atoms with Gasteiger partial charge in [0.05, 0.1) is 5.56 Å². The molecule has 0 saturated heterocycles. The molecule has 18 heavy (non-hydrogen) atoms. The van der Waals surface area contributed by atoms with Crippen molar-refractivity contribution in [3.8, 4) is 0 Å². The maximum absolute atomic E-state index is 12.1. The quantitative estimate of drug-likeness (QED) is 0.874.